The Kier molecular flexibility index (Phi) is 11.8. The maximum atomic E-state index is 14.1. The summed E-state index contributed by atoms with van der Waals surface area (Å²) in [6, 6.07) is 16.7. The number of fused-ring (bicyclic) bond motifs is 2. The third-order valence-corrected chi connectivity index (χ3v) is 9.68. The standard InChI is InChI=1S/C43H51F3N4O2/c1-7-9-11-13-19-50(20-14-12-10-8-2)41(51)28-15-17-33(18-16-28)52-35-26-31(42(4,5)6)23-30-25-34-38(40(48)49-39(34)47)37(36(30)35)29-21-27(3)22-32(24-29)43(44,45)46/h15-18,21-26H,7-14,19-20H2,1-6H3,(H3,47,48,49). The van der Waals surface area contributed by atoms with E-state index in [9.17, 15) is 18.0 Å². The second-order valence-corrected chi connectivity index (χ2v) is 15.0. The molecule has 1 aliphatic heterocycles. The van der Waals surface area contributed by atoms with Crippen molar-refractivity contribution in [1.82, 2.24) is 4.90 Å². The number of aryl methyl sites for hydroxylation is 1. The molecule has 0 unspecified atom stereocenters. The van der Waals surface area contributed by atoms with Gasteiger partial charge in [-0.3, -0.25) is 10.2 Å². The molecule has 1 heterocycles. The number of hydrogen-bond acceptors (Lipinski definition) is 4. The van der Waals surface area contributed by atoms with Crippen LogP contribution in [-0.4, -0.2) is 35.6 Å². The lowest BCUT2D eigenvalue weighted by atomic mass is 9.82. The molecule has 0 bridgehead atoms. The number of unbranched alkanes of at least 4 members (excludes halogenated alkanes) is 6. The molecule has 0 aromatic heterocycles. The van der Waals surface area contributed by atoms with Crippen molar-refractivity contribution in [2.75, 3.05) is 13.1 Å². The van der Waals surface area contributed by atoms with Crippen LogP contribution in [0, 0.1) is 12.3 Å². The Morgan fingerprint density at radius 1 is 0.827 bits per heavy atom. The van der Waals surface area contributed by atoms with Gasteiger partial charge in [0, 0.05) is 40.7 Å². The van der Waals surface area contributed by atoms with Gasteiger partial charge in [0.1, 0.15) is 17.3 Å². The highest BCUT2D eigenvalue weighted by Crippen LogP contribution is 2.46. The molecule has 0 aliphatic carbocycles. The molecule has 276 valence electrons. The highest BCUT2D eigenvalue weighted by atomic mass is 19.4. The molecule has 0 saturated carbocycles. The Bertz CT molecular complexity index is 1960. The van der Waals surface area contributed by atoms with Crippen molar-refractivity contribution in [3.8, 4) is 22.6 Å². The largest absolute Gasteiger partial charge is 0.457 e. The molecule has 1 aliphatic rings. The van der Waals surface area contributed by atoms with Gasteiger partial charge in [-0.15, -0.1) is 0 Å². The van der Waals surface area contributed by atoms with Crippen molar-refractivity contribution < 1.29 is 22.7 Å². The maximum absolute atomic E-state index is 14.1. The first-order valence-corrected chi connectivity index (χ1v) is 18.5. The first-order valence-electron chi connectivity index (χ1n) is 18.5. The van der Waals surface area contributed by atoms with Crippen LogP contribution in [0.15, 0.2) is 65.7 Å². The van der Waals surface area contributed by atoms with Gasteiger partial charge in [-0.2, -0.15) is 13.2 Å². The molecular weight excluding hydrogens is 661 g/mol. The quantitative estimate of drug-likeness (QED) is 0.127. The van der Waals surface area contributed by atoms with E-state index in [-0.39, 0.29) is 23.0 Å². The summed E-state index contributed by atoms with van der Waals surface area (Å²) >= 11 is 0. The summed E-state index contributed by atoms with van der Waals surface area (Å²) in [5.41, 5.74) is 8.83. The normalized spacial score (nSPS) is 13.0. The fourth-order valence-corrected chi connectivity index (χ4v) is 6.84. The van der Waals surface area contributed by atoms with E-state index in [0.717, 1.165) is 82.2 Å². The number of amidine groups is 2. The van der Waals surface area contributed by atoms with Crippen molar-refractivity contribution in [2.45, 2.75) is 105 Å². The predicted octanol–water partition coefficient (Wildman–Crippen LogP) is 11.6. The molecule has 5 rings (SSSR count). The smallest absolute Gasteiger partial charge is 0.416 e. The third-order valence-electron chi connectivity index (χ3n) is 9.68. The molecule has 0 saturated heterocycles. The van der Waals surface area contributed by atoms with Crippen molar-refractivity contribution in [1.29, 1.82) is 5.41 Å². The van der Waals surface area contributed by atoms with Crippen molar-refractivity contribution in [2.24, 2.45) is 10.7 Å². The number of carbonyl (C=O) groups is 1. The van der Waals surface area contributed by atoms with E-state index in [1.807, 2.05) is 23.1 Å². The Balaban J connectivity index is 1.61. The first kappa shape index (κ1) is 38.6. The summed E-state index contributed by atoms with van der Waals surface area (Å²) in [7, 11) is 0. The summed E-state index contributed by atoms with van der Waals surface area (Å²) in [6.45, 7) is 13.6. The molecule has 0 fully saturated rings. The number of carbonyl (C=O) groups excluding carboxylic acids is 1. The Morgan fingerprint density at radius 2 is 1.46 bits per heavy atom. The number of halogens is 3. The summed E-state index contributed by atoms with van der Waals surface area (Å²) in [5, 5.41) is 9.82. The first-order chi connectivity index (χ1) is 24.6. The number of alkyl halides is 3. The van der Waals surface area contributed by atoms with Crippen molar-refractivity contribution in [3.63, 3.8) is 0 Å². The SMILES string of the molecule is CCCCCCN(CCCCCC)C(=O)c1ccc(Oc2cc(C(C)(C)C)cc3cc4c(c(-c5cc(C)cc(C(F)(F)F)c5)c23)C(N)=NC4=N)cc1. The molecule has 0 atom stereocenters. The van der Waals surface area contributed by atoms with Gasteiger partial charge in [-0.1, -0.05) is 85.3 Å². The highest BCUT2D eigenvalue weighted by Gasteiger charge is 2.33. The number of nitrogens with zero attached hydrogens (tertiary/aromatic N) is 2. The van der Waals surface area contributed by atoms with Crippen LogP contribution < -0.4 is 10.5 Å². The Morgan fingerprint density at radius 3 is 2.04 bits per heavy atom. The van der Waals surface area contributed by atoms with E-state index in [4.69, 9.17) is 15.9 Å². The van der Waals surface area contributed by atoms with Crippen molar-refractivity contribution >= 4 is 28.4 Å². The lowest BCUT2D eigenvalue weighted by Crippen LogP contribution is -2.33. The molecule has 4 aromatic rings. The monoisotopic (exact) mass is 712 g/mol. The zero-order valence-corrected chi connectivity index (χ0v) is 31.3. The number of hydrogen-bond donors (Lipinski definition) is 2. The third kappa shape index (κ3) is 8.68. The molecule has 0 radical (unpaired) electrons. The summed E-state index contributed by atoms with van der Waals surface area (Å²) in [4.78, 5) is 19.9. The number of nitrogens with two attached hydrogens (primary N) is 1. The Labute approximate surface area is 305 Å². The average molecular weight is 713 g/mol. The topological polar surface area (TPSA) is 91.8 Å². The second kappa shape index (κ2) is 15.9. The van der Waals surface area contributed by atoms with E-state index >= 15 is 0 Å². The van der Waals surface area contributed by atoms with Crippen LogP contribution >= 0.6 is 0 Å². The summed E-state index contributed by atoms with van der Waals surface area (Å²) in [5.74, 6) is 0.911. The fourth-order valence-electron chi connectivity index (χ4n) is 6.84. The molecule has 1 amide bonds. The van der Waals surface area contributed by atoms with Gasteiger partial charge in [0.2, 0.25) is 0 Å². The number of benzene rings is 4. The number of amides is 1. The van der Waals surface area contributed by atoms with Crippen LogP contribution in [0.2, 0.25) is 0 Å². The van der Waals surface area contributed by atoms with Gasteiger partial charge in [0.15, 0.2) is 5.84 Å². The molecule has 0 spiro atoms. The summed E-state index contributed by atoms with van der Waals surface area (Å²) in [6.07, 6.45) is 4.11. The van der Waals surface area contributed by atoms with E-state index in [1.165, 1.54) is 0 Å². The number of rotatable bonds is 14. The van der Waals surface area contributed by atoms with Crippen LogP contribution in [0.5, 0.6) is 11.5 Å². The zero-order chi connectivity index (χ0) is 37.8. The molecule has 9 heteroatoms. The lowest BCUT2D eigenvalue weighted by Gasteiger charge is -2.24. The van der Waals surface area contributed by atoms with Crippen LogP contribution in [0.4, 0.5) is 13.2 Å². The molecular formula is C43H51F3N4O2. The number of nitrogens with one attached hydrogen (secondary N) is 1. The second-order valence-electron chi connectivity index (χ2n) is 15.0. The maximum Gasteiger partial charge on any atom is 0.416 e. The number of ether oxygens (including phenoxy) is 1. The molecule has 3 N–H and O–H groups in total. The minimum atomic E-state index is -4.57. The zero-order valence-electron chi connectivity index (χ0n) is 31.3. The van der Waals surface area contributed by atoms with Crippen LogP contribution in [0.25, 0.3) is 21.9 Å². The van der Waals surface area contributed by atoms with Gasteiger partial charge in [-0.05, 0) is 95.8 Å². The van der Waals surface area contributed by atoms with Gasteiger partial charge in [-0.25, -0.2) is 4.99 Å². The average Bonchev–Trinajstić information content (AvgIpc) is 3.37. The Hall–Kier alpha value is -4.66. The van der Waals surface area contributed by atoms with Gasteiger partial charge >= 0.3 is 6.18 Å². The van der Waals surface area contributed by atoms with E-state index in [2.05, 4.69) is 39.6 Å². The van der Waals surface area contributed by atoms with E-state index in [1.54, 1.807) is 37.3 Å². The van der Waals surface area contributed by atoms with Gasteiger partial charge < -0.3 is 15.4 Å². The molecule has 52 heavy (non-hydrogen) atoms. The van der Waals surface area contributed by atoms with Crippen molar-refractivity contribution in [3.05, 3.63) is 94.0 Å². The number of aliphatic imine (C=N–C) groups is 1. The van der Waals surface area contributed by atoms with Crippen LogP contribution in [0.1, 0.15) is 124 Å². The lowest BCUT2D eigenvalue weighted by molar-refractivity contribution is -0.137. The highest BCUT2D eigenvalue weighted by molar-refractivity contribution is 6.27. The van der Waals surface area contributed by atoms with Crippen LogP contribution in [-0.2, 0) is 11.6 Å². The fraction of sp³-hybridized carbons (Fsp3) is 0.419. The van der Waals surface area contributed by atoms with E-state index in [0.29, 0.717) is 55.7 Å². The molecule has 4 aromatic carbocycles. The minimum Gasteiger partial charge on any atom is -0.457 e. The van der Waals surface area contributed by atoms with Gasteiger partial charge in [0.25, 0.3) is 5.91 Å². The predicted molar refractivity (Wildman–Crippen MR) is 206 cm³/mol. The molecule has 6 nitrogen and oxygen atoms in total. The minimum absolute atomic E-state index is 0.00490. The van der Waals surface area contributed by atoms with Gasteiger partial charge in [0.05, 0.1) is 5.56 Å². The van der Waals surface area contributed by atoms with E-state index < -0.39 is 11.7 Å². The van der Waals surface area contributed by atoms with Crippen LogP contribution in [0.3, 0.4) is 0 Å². The summed E-state index contributed by atoms with van der Waals surface area (Å²) < 4.78 is 49.0.